The van der Waals surface area contributed by atoms with Crippen LogP contribution in [0.1, 0.15) is 25.0 Å². The van der Waals surface area contributed by atoms with Crippen molar-refractivity contribution in [1.29, 1.82) is 0 Å². The van der Waals surface area contributed by atoms with Gasteiger partial charge in [0, 0.05) is 70.0 Å². The minimum atomic E-state index is -0.392. The minimum absolute atomic E-state index is 0.0691. The first-order valence-electron chi connectivity index (χ1n) is 13.1. The molecule has 1 fully saturated rings. The molecule has 5 aliphatic rings. The van der Waals surface area contributed by atoms with Gasteiger partial charge >= 0.3 is 0 Å². The zero-order chi connectivity index (χ0) is 26.9. The van der Waals surface area contributed by atoms with E-state index in [1.165, 1.54) is 24.3 Å². The van der Waals surface area contributed by atoms with Gasteiger partial charge < -0.3 is 14.4 Å². The van der Waals surface area contributed by atoms with E-state index in [1.807, 2.05) is 35.4 Å². The first-order valence-corrected chi connectivity index (χ1v) is 14.0. The molecule has 4 bridgehead atoms. The Morgan fingerprint density at radius 3 is 2.54 bits per heavy atom. The number of piperidine rings is 1. The van der Waals surface area contributed by atoms with Crippen molar-refractivity contribution in [3.05, 3.63) is 77.3 Å². The first kappa shape index (κ1) is 25.5. The maximum absolute atomic E-state index is 14.4. The molecule has 0 radical (unpaired) electrons. The lowest BCUT2D eigenvalue weighted by molar-refractivity contribution is -0.135. The summed E-state index contributed by atoms with van der Waals surface area (Å²) in [5, 5.41) is 2.89. The van der Waals surface area contributed by atoms with E-state index in [0.717, 1.165) is 33.3 Å². The molecule has 0 spiro atoms. The number of halogens is 2. The van der Waals surface area contributed by atoms with E-state index in [0.29, 0.717) is 55.3 Å². The fraction of sp³-hybridized carbons (Fsp3) is 0.290. The van der Waals surface area contributed by atoms with E-state index < -0.39 is 5.82 Å². The number of hydrogen-bond acceptors (Lipinski definition) is 5. The summed E-state index contributed by atoms with van der Waals surface area (Å²) in [6.07, 6.45) is 5.83. The Labute approximate surface area is 229 Å². The molecule has 9 rings (SSSR count). The normalized spacial score (nSPS) is 18.8. The summed E-state index contributed by atoms with van der Waals surface area (Å²) in [4.78, 5) is 19.6. The quantitative estimate of drug-likeness (QED) is 0.219. The molecule has 2 aromatic heterocycles. The third-order valence-electron chi connectivity index (χ3n) is 7.37. The smallest absolute Gasteiger partial charge is 0.222 e. The predicted octanol–water partition coefficient (Wildman–Crippen LogP) is 7.17. The monoisotopic (exact) mass is 546 g/mol. The Morgan fingerprint density at radius 2 is 1.74 bits per heavy atom. The molecule has 39 heavy (non-hydrogen) atoms. The van der Waals surface area contributed by atoms with E-state index in [9.17, 15) is 13.6 Å². The zero-order valence-corrected chi connectivity index (χ0v) is 22.4. The van der Waals surface area contributed by atoms with Gasteiger partial charge in [-0.1, -0.05) is 12.2 Å². The Morgan fingerprint density at radius 1 is 0.974 bits per heavy atom. The van der Waals surface area contributed by atoms with Crippen molar-refractivity contribution in [2.45, 2.75) is 26.2 Å². The average molecular weight is 547 g/mol. The molecule has 5 nitrogen and oxygen atoms in total. The number of thiophene rings is 1. The number of carbonyl (C=O) groups is 1. The first-order chi connectivity index (χ1) is 19.0. The third kappa shape index (κ3) is 5.13. The van der Waals surface area contributed by atoms with Crippen LogP contribution in [-0.2, 0) is 4.79 Å². The molecule has 4 aromatic rings. The standard InChI is InChI=1S/C31H28F2N2O3S/c1-19-29-23-7-5-21(32)16-26(23)38-18-20-9-12-35(28(36)15-20)11-3-2-4-13-37-27-17-22(33)6-8-24(27)30(34-19)25-10-14-39-31(25)29/h2,4-8,10,14,16-17,20H,3,9,11-13,15,18H2,1H3/b4-2+. The number of benzene rings is 2. The largest absolute Gasteiger partial charge is 0.493 e. The maximum Gasteiger partial charge on any atom is 0.222 e. The van der Waals surface area contributed by atoms with Crippen LogP contribution in [0, 0.1) is 24.5 Å². The number of nitrogens with zero attached hydrogens (tertiary/aromatic N) is 2. The molecule has 2 aromatic carbocycles. The molecule has 1 saturated heterocycles. The van der Waals surface area contributed by atoms with Crippen molar-refractivity contribution in [2.75, 3.05) is 26.3 Å². The van der Waals surface area contributed by atoms with E-state index in [-0.39, 0.29) is 24.2 Å². The van der Waals surface area contributed by atoms with Crippen LogP contribution < -0.4 is 9.47 Å². The molecule has 5 aliphatic heterocycles. The van der Waals surface area contributed by atoms with Crippen LogP contribution in [-0.4, -0.2) is 42.1 Å². The van der Waals surface area contributed by atoms with Gasteiger partial charge in [0.2, 0.25) is 5.91 Å². The van der Waals surface area contributed by atoms with Crippen LogP contribution >= 0.6 is 11.3 Å². The summed E-state index contributed by atoms with van der Waals surface area (Å²) in [7, 11) is 0. The summed E-state index contributed by atoms with van der Waals surface area (Å²) < 4.78 is 41.9. The van der Waals surface area contributed by atoms with Crippen LogP contribution in [0.5, 0.6) is 11.5 Å². The van der Waals surface area contributed by atoms with Gasteiger partial charge in [0.15, 0.2) is 0 Å². The van der Waals surface area contributed by atoms with Gasteiger partial charge in [-0.25, -0.2) is 8.78 Å². The van der Waals surface area contributed by atoms with Crippen LogP contribution in [0.4, 0.5) is 8.78 Å². The second-order valence-electron chi connectivity index (χ2n) is 9.99. The summed E-state index contributed by atoms with van der Waals surface area (Å²) in [5.74, 6) is 0.234. The number of aromatic nitrogens is 1. The van der Waals surface area contributed by atoms with Gasteiger partial charge in [-0.2, -0.15) is 0 Å². The molecule has 0 aliphatic carbocycles. The Kier molecular flexibility index (Phi) is 7.04. The lowest BCUT2D eigenvalue weighted by Crippen LogP contribution is -2.40. The van der Waals surface area contributed by atoms with Gasteiger partial charge in [-0.3, -0.25) is 9.78 Å². The number of amides is 1. The SMILES string of the molecule is Cc1nc2c3ccsc3c1-c1ccc(F)cc1OCC1CCN(CC/C=C/COc3cc(F)ccc3-2)C(=O)C1. The third-order valence-corrected chi connectivity index (χ3v) is 8.30. The molecule has 0 N–H and O–H groups in total. The van der Waals surface area contributed by atoms with Gasteiger partial charge in [-0.15, -0.1) is 11.3 Å². The predicted molar refractivity (Wildman–Crippen MR) is 149 cm³/mol. The van der Waals surface area contributed by atoms with Gasteiger partial charge in [-0.05, 0) is 55.5 Å². The molecule has 1 amide bonds. The van der Waals surface area contributed by atoms with E-state index >= 15 is 0 Å². The summed E-state index contributed by atoms with van der Waals surface area (Å²) in [6, 6.07) is 11.0. The number of pyridine rings is 1. The van der Waals surface area contributed by atoms with Crippen molar-refractivity contribution >= 4 is 27.3 Å². The molecular weight excluding hydrogens is 518 g/mol. The van der Waals surface area contributed by atoms with Crippen molar-refractivity contribution in [3.8, 4) is 33.9 Å². The van der Waals surface area contributed by atoms with Crippen molar-refractivity contribution in [3.63, 3.8) is 0 Å². The van der Waals surface area contributed by atoms with E-state index in [4.69, 9.17) is 14.5 Å². The molecule has 0 saturated carbocycles. The molecule has 1 unspecified atom stereocenters. The fourth-order valence-corrected chi connectivity index (χ4v) is 6.38. The topological polar surface area (TPSA) is 51.7 Å². The van der Waals surface area contributed by atoms with Gasteiger partial charge in [0.1, 0.15) is 29.7 Å². The van der Waals surface area contributed by atoms with Crippen LogP contribution in [0.25, 0.3) is 32.5 Å². The van der Waals surface area contributed by atoms with E-state index in [1.54, 1.807) is 23.5 Å². The fourth-order valence-electron chi connectivity index (χ4n) is 5.38. The molecule has 1 atom stereocenters. The number of hydrogen-bond donors (Lipinski definition) is 0. The van der Waals surface area contributed by atoms with Crippen molar-refractivity contribution in [1.82, 2.24) is 9.88 Å². The lowest BCUT2D eigenvalue weighted by atomic mass is 9.96. The Balaban J connectivity index is 1.49. The number of aryl methyl sites for hydroxylation is 1. The number of ether oxygens (including phenoxy) is 2. The molecule has 7 heterocycles. The number of rotatable bonds is 0. The van der Waals surface area contributed by atoms with E-state index in [2.05, 4.69) is 0 Å². The van der Waals surface area contributed by atoms with Gasteiger partial charge in [0.25, 0.3) is 0 Å². The molecule has 200 valence electrons. The van der Waals surface area contributed by atoms with Crippen molar-refractivity contribution in [2.24, 2.45) is 5.92 Å². The minimum Gasteiger partial charge on any atom is -0.493 e. The highest BCUT2D eigenvalue weighted by Gasteiger charge is 2.27. The van der Waals surface area contributed by atoms with Crippen LogP contribution in [0.3, 0.4) is 0 Å². The van der Waals surface area contributed by atoms with Crippen molar-refractivity contribution < 1.29 is 23.0 Å². The van der Waals surface area contributed by atoms with Crippen LogP contribution in [0.15, 0.2) is 60.0 Å². The summed E-state index contributed by atoms with van der Waals surface area (Å²) in [6.45, 7) is 3.82. The lowest BCUT2D eigenvalue weighted by Gasteiger charge is -2.31. The van der Waals surface area contributed by atoms with Gasteiger partial charge in [0.05, 0.1) is 12.3 Å². The highest BCUT2D eigenvalue weighted by Crippen LogP contribution is 2.44. The molecule has 8 heteroatoms. The van der Waals surface area contributed by atoms with Crippen LogP contribution in [0.2, 0.25) is 0 Å². The summed E-state index contributed by atoms with van der Waals surface area (Å²) in [5.41, 5.74) is 3.76. The highest BCUT2D eigenvalue weighted by molar-refractivity contribution is 7.17. The second-order valence-corrected chi connectivity index (χ2v) is 10.9. The average Bonchev–Trinajstić information content (AvgIpc) is 3.40. The second kappa shape index (κ2) is 10.8. The molecular formula is C31H28F2N2O3S. The Hall–Kier alpha value is -3.78. The summed E-state index contributed by atoms with van der Waals surface area (Å²) >= 11 is 1.56. The zero-order valence-electron chi connectivity index (χ0n) is 21.6. The Bertz CT molecular complexity index is 1580. The maximum atomic E-state index is 14.4. The highest BCUT2D eigenvalue weighted by atomic mass is 32.1. The number of carbonyl (C=O) groups excluding carboxylic acids is 1.